The second kappa shape index (κ2) is 7.71. The molecule has 0 saturated heterocycles. The molecule has 0 N–H and O–H groups in total. The van der Waals surface area contributed by atoms with Crippen LogP contribution < -0.4 is 9.47 Å². The Morgan fingerprint density at radius 1 is 0.933 bits per heavy atom. The zero-order valence-corrected chi connectivity index (χ0v) is 18.2. The molecule has 0 unspecified atom stereocenters. The minimum absolute atomic E-state index is 0.00359. The zero-order valence-electron chi connectivity index (χ0n) is 18.2. The van der Waals surface area contributed by atoms with Crippen LogP contribution in [0.4, 0.5) is 0 Å². The molecule has 0 radical (unpaired) electrons. The highest BCUT2D eigenvalue weighted by molar-refractivity contribution is 5.72. The van der Waals surface area contributed by atoms with Crippen LogP contribution in [0.25, 0.3) is 0 Å². The maximum absolute atomic E-state index is 11.8. The van der Waals surface area contributed by atoms with Gasteiger partial charge in [0.1, 0.15) is 17.6 Å². The number of rotatable bonds is 3. The van der Waals surface area contributed by atoms with Gasteiger partial charge in [-0.25, -0.2) is 0 Å². The Balaban J connectivity index is 1.69. The molecule has 3 aliphatic rings. The van der Waals surface area contributed by atoms with Crippen molar-refractivity contribution >= 4 is 17.9 Å². The van der Waals surface area contributed by atoms with E-state index in [9.17, 15) is 14.4 Å². The first-order valence-corrected chi connectivity index (χ1v) is 10.9. The van der Waals surface area contributed by atoms with E-state index in [1.54, 1.807) is 6.07 Å². The van der Waals surface area contributed by atoms with Gasteiger partial charge in [0, 0.05) is 37.8 Å². The summed E-state index contributed by atoms with van der Waals surface area (Å²) >= 11 is 0. The third-order valence-electron chi connectivity index (χ3n) is 7.49. The van der Waals surface area contributed by atoms with Crippen LogP contribution in [0.5, 0.6) is 11.5 Å². The molecular formula is C24H30O6. The maximum Gasteiger partial charge on any atom is 0.308 e. The first-order chi connectivity index (χ1) is 14.2. The number of hydrogen-bond donors (Lipinski definition) is 0. The third kappa shape index (κ3) is 3.61. The lowest BCUT2D eigenvalue weighted by molar-refractivity contribution is -0.154. The minimum atomic E-state index is -0.395. The molecular weight excluding hydrogens is 384 g/mol. The topological polar surface area (TPSA) is 78.9 Å². The Labute approximate surface area is 177 Å². The standard InChI is InChI=1S/C24H30O6/c1-13(25)28-17-11-16-5-6-18-19(23(16)21(12-17)29-14(2)26)9-10-24(4)20(18)7-8-22(24)30-15(3)27/h11-12,18-20,22H,5-10H2,1-4H3/t18-,19-,20-,22-,24-/m0/s1. The summed E-state index contributed by atoms with van der Waals surface area (Å²) in [6.45, 7) is 6.53. The molecule has 2 saturated carbocycles. The van der Waals surface area contributed by atoms with Gasteiger partial charge in [-0.1, -0.05) is 6.92 Å². The molecule has 0 bridgehead atoms. The summed E-state index contributed by atoms with van der Waals surface area (Å²) in [5, 5.41) is 0. The number of fused-ring (bicyclic) bond motifs is 5. The first-order valence-electron chi connectivity index (χ1n) is 10.9. The third-order valence-corrected chi connectivity index (χ3v) is 7.49. The van der Waals surface area contributed by atoms with Crippen molar-refractivity contribution in [2.24, 2.45) is 17.3 Å². The van der Waals surface area contributed by atoms with Gasteiger partial charge < -0.3 is 14.2 Å². The Hall–Kier alpha value is -2.37. The van der Waals surface area contributed by atoms with Crippen molar-refractivity contribution in [1.29, 1.82) is 0 Å². The second-order valence-corrected chi connectivity index (χ2v) is 9.32. The van der Waals surface area contributed by atoms with Crippen LogP contribution in [0.15, 0.2) is 12.1 Å². The van der Waals surface area contributed by atoms with Gasteiger partial charge in [0.15, 0.2) is 0 Å². The monoisotopic (exact) mass is 414 g/mol. The molecule has 4 rings (SSSR count). The first kappa shape index (κ1) is 20.9. The Bertz CT molecular complexity index is 890. The van der Waals surface area contributed by atoms with E-state index in [2.05, 4.69) is 6.92 Å². The molecule has 5 atom stereocenters. The van der Waals surface area contributed by atoms with Gasteiger partial charge >= 0.3 is 17.9 Å². The molecule has 0 heterocycles. The summed E-state index contributed by atoms with van der Waals surface area (Å²) in [6.07, 6.45) is 5.78. The molecule has 0 aliphatic heterocycles. The van der Waals surface area contributed by atoms with Crippen molar-refractivity contribution in [3.63, 3.8) is 0 Å². The van der Waals surface area contributed by atoms with Crippen molar-refractivity contribution in [3.05, 3.63) is 23.3 Å². The van der Waals surface area contributed by atoms with Crippen molar-refractivity contribution < 1.29 is 28.6 Å². The van der Waals surface area contributed by atoms with Crippen molar-refractivity contribution in [2.75, 3.05) is 0 Å². The molecule has 6 nitrogen and oxygen atoms in total. The lowest BCUT2D eigenvalue weighted by atomic mass is 9.55. The van der Waals surface area contributed by atoms with E-state index < -0.39 is 5.97 Å². The minimum Gasteiger partial charge on any atom is -0.462 e. The predicted molar refractivity (Wildman–Crippen MR) is 109 cm³/mol. The quantitative estimate of drug-likeness (QED) is 0.541. The summed E-state index contributed by atoms with van der Waals surface area (Å²) < 4.78 is 16.6. The van der Waals surface area contributed by atoms with E-state index in [1.807, 2.05) is 6.07 Å². The highest BCUT2D eigenvalue weighted by atomic mass is 16.5. The molecule has 6 heteroatoms. The van der Waals surface area contributed by atoms with Gasteiger partial charge in [-0.05, 0) is 67.9 Å². The molecule has 2 fully saturated rings. The molecule has 1 aromatic carbocycles. The average Bonchev–Trinajstić information content (AvgIpc) is 2.96. The van der Waals surface area contributed by atoms with Crippen LogP contribution in [0, 0.1) is 17.3 Å². The summed E-state index contributed by atoms with van der Waals surface area (Å²) in [5.74, 6) is 1.20. The number of benzene rings is 1. The van der Waals surface area contributed by atoms with Crippen LogP contribution >= 0.6 is 0 Å². The van der Waals surface area contributed by atoms with E-state index in [0.717, 1.165) is 49.7 Å². The van der Waals surface area contributed by atoms with Crippen molar-refractivity contribution in [2.45, 2.75) is 78.2 Å². The summed E-state index contributed by atoms with van der Waals surface area (Å²) in [4.78, 5) is 34.8. The largest absolute Gasteiger partial charge is 0.462 e. The molecule has 0 spiro atoms. The van der Waals surface area contributed by atoms with Crippen LogP contribution in [-0.4, -0.2) is 24.0 Å². The Morgan fingerprint density at radius 2 is 1.67 bits per heavy atom. The number of aryl methyl sites for hydroxylation is 1. The van der Waals surface area contributed by atoms with E-state index in [0.29, 0.717) is 29.3 Å². The number of esters is 3. The smallest absolute Gasteiger partial charge is 0.308 e. The van der Waals surface area contributed by atoms with E-state index >= 15 is 0 Å². The number of hydrogen-bond acceptors (Lipinski definition) is 6. The highest BCUT2D eigenvalue weighted by Crippen LogP contribution is 2.62. The fraction of sp³-hybridized carbons (Fsp3) is 0.625. The Kier molecular flexibility index (Phi) is 5.37. The van der Waals surface area contributed by atoms with Gasteiger partial charge in [-0.15, -0.1) is 0 Å². The normalized spacial score (nSPS) is 31.7. The fourth-order valence-electron chi connectivity index (χ4n) is 6.46. The van der Waals surface area contributed by atoms with Gasteiger partial charge in [0.2, 0.25) is 0 Å². The van der Waals surface area contributed by atoms with Gasteiger partial charge in [-0.2, -0.15) is 0 Å². The van der Waals surface area contributed by atoms with E-state index in [4.69, 9.17) is 14.2 Å². The molecule has 1 aromatic rings. The second-order valence-electron chi connectivity index (χ2n) is 9.32. The van der Waals surface area contributed by atoms with Gasteiger partial charge in [0.05, 0.1) is 0 Å². The highest BCUT2D eigenvalue weighted by Gasteiger charge is 2.56. The number of carbonyl (C=O) groups excluding carboxylic acids is 3. The van der Waals surface area contributed by atoms with Crippen LogP contribution in [0.3, 0.4) is 0 Å². The lowest BCUT2D eigenvalue weighted by Gasteiger charge is -2.50. The summed E-state index contributed by atoms with van der Waals surface area (Å²) in [7, 11) is 0. The predicted octanol–water partition coefficient (Wildman–Crippen LogP) is 4.33. The van der Waals surface area contributed by atoms with Crippen LogP contribution in [-0.2, 0) is 25.5 Å². The number of ether oxygens (including phenoxy) is 3. The lowest BCUT2D eigenvalue weighted by Crippen LogP contribution is -2.45. The maximum atomic E-state index is 11.8. The van der Waals surface area contributed by atoms with Gasteiger partial charge in [0.25, 0.3) is 0 Å². The van der Waals surface area contributed by atoms with Crippen LogP contribution in [0.2, 0.25) is 0 Å². The molecule has 0 aromatic heterocycles. The zero-order chi connectivity index (χ0) is 21.6. The van der Waals surface area contributed by atoms with Crippen molar-refractivity contribution in [3.8, 4) is 11.5 Å². The van der Waals surface area contributed by atoms with Gasteiger partial charge in [-0.3, -0.25) is 14.4 Å². The number of carbonyl (C=O) groups is 3. The Morgan fingerprint density at radius 3 is 2.33 bits per heavy atom. The van der Waals surface area contributed by atoms with Crippen molar-refractivity contribution in [1.82, 2.24) is 0 Å². The SMILES string of the molecule is CC(=O)Oc1cc2c(c(OC(C)=O)c1)[C@H]1CC[C@]3(C)[C@@H](OC(C)=O)CC[C@H]3[C@H]1CC2. The molecule has 162 valence electrons. The van der Waals surface area contributed by atoms with E-state index in [1.165, 1.54) is 20.8 Å². The molecule has 0 amide bonds. The van der Waals surface area contributed by atoms with Crippen LogP contribution in [0.1, 0.15) is 76.8 Å². The fourth-order valence-corrected chi connectivity index (χ4v) is 6.46. The van der Waals surface area contributed by atoms with E-state index in [-0.39, 0.29) is 23.5 Å². The molecule has 3 aliphatic carbocycles. The summed E-state index contributed by atoms with van der Waals surface area (Å²) in [5.41, 5.74) is 2.20. The average molecular weight is 414 g/mol. The molecule has 30 heavy (non-hydrogen) atoms. The summed E-state index contributed by atoms with van der Waals surface area (Å²) in [6, 6.07) is 3.60.